The molecule has 0 saturated carbocycles. The van der Waals surface area contributed by atoms with Crippen LogP contribution in [0.5, 0.6) is 0 Å². The van der Waals surface area contributed by atoms with Gasteiger partial charge in [0.2, 0.25) is 0 Å². The Morgan fingerprint density at radius 3 is 1.96 bits per heavy atom. The molecule has 0 saturated heterocycles. The Kier molecular flexibility index (Phi) is 5.99. The molecule has 3 aliphatic carbocycles. The maximum atomic E-state index is 2.45. The molecule has 3 rings (SSSR count). The highest BCUT2D eigenvalue weighted by Crippen LogP contribution is 2.46. The van der Waals surface area contributed by atoms with Crippen molar-refractivity contribution in [3.8, 4) is 0 Å². The highest BCUT2D eigenvalue weighted by atomic mass is 14.4. The number of allylic oxidation sites excluding steroid dienone is 12. The van der Waals surface area contributed by atoms with E-state index >= 15 is 0 Å². The highest BCUT2D eigenvalue weighted by molar-refractivity contribution is 5.58. The van der Waals surface area contributed by atoms with E-state index in [-0.39, 0.29) is 0 Å². The lowest BCUT2D eigenvalue weighted by Gasteiger charge is -2.37. The average molecular weight is 335 g/mol. The van der Waals surface area contributed by atoms with Gasteiger partial charge in [0.1, 0.15) is 0 Å². The van der Waals surface area contributed by atoms with Crippen LogP contribution in [0.3, 0.4) is 0 Å². The monoisotopic (exact) mass is 334 g/mol. The molecule has 0 amide bonds. The van der Waals surface area contributed by atoms with Crippen LogP contribution in [0.1, 0.15) is 72.6 Å². The molecule has 3 aliphatic rings. The van der Waals surface area contributed by atoms with Crippen LogP contribution < -0.4 is 0 Å². The summed E-state index contributed by atoms with van der Waals surface area (Å²) in [5.74, 6) is 1.07. The van der Waals surface area contributed by atoms with Crippen molar-refractivity contribution in [2.24, 2.45) is 11.8 Å². The molecular formula is C25H34. The van der Waals surface area contributed by atoms with E-state index in [0.29, 0.717) is 11.8 Å². The van der Waals surface area contributed by atoms with Crippen molar-refractivity contribution in [3.63, 3.8) is 0 Å². The predicted molar refractivity (Wildman–Crippen MR) is 110 cm³/mol. The second kappa shape index (κ2) is 8.21. The molecule has 0 heterocycles. The normalized spacial score (nSPS) is 25.0. The van der Waals surface area contributed by atoms with Crippen molar-refractivity contribution in [1.29, 1.82) is 0 Å². The molecule has 0 aromatic heterocycles. The van der Waals surface area contributed by atoms with Gasteiger partial charge in [0.05, 0.1) is 0 Å². The second-order valence-corrected chi connectivity index (χ2v) is 8.08. The third kappa shape index (κ3) is 4.00. The van der Waals surface area contributed by atoms with Gasteiger partial charge in [0, 0.05) is 11.8 Å². The average Bonchev–Trinajstić information content (AvgIpc) is 2.60. The minimum absolute atomic E-state index is 0.535. The van der Waals surface area contributed by atoms with E-state index in [9.17, 15) is 0 Å². The lowest BCUT2D eigenvalue weighted by atomic mass is 9.67. The summed E-state index contributed by atoms with van der Waals surface area (Å²) in [7, 11) is 0. The molecule has 0 fully saturated rings. The molecule has 0 spiro atoms. The summed E-state index contributed by atoms with van der Waals surface area (Å²) in [6, 6.07) is 0. The maximum absolute atomic E-state index is 2.45. The summed E-state index contributed by atoms with van der Waals surface area (Å²) in [4.78, 5) is 0. The van der Waals surface area contributed by atoms with Crippen LogP contribution in [0.2, 0.25) is 0 Å². The molecule has 0 heteroatoms. The number of hydrogen-bond donors (Lipinski definition) is 0. The predicted octanol–water partition coefficient (Wildman–Crippen LogP) is 7.63. The molecule has 25 heavy (non-hydrogen) atoms. The SMILES string of the molecule is CCCCCCCCC1=C2C=C(C)C=CC2C2C=CC(C)=CC2=C1C. The van der Waals surface area contributed by atoms with E-state index in [1.807, 2.05) is 0 Å². The van der Waals surface area contributed by atoms with E-state index in [1.165, 1.54) is 56.1 Å². The molecule has 2 atom stereocenters. The first-order valence-electron chi connectivity index (χ1n) is 10.3. The van der Waals surface area contributed by atoms with Crippen LogP contribution in [-0.4, -0.2) is 0 Å². The molecule has 0 aromatic carbocycles. The van der Waals surface area contributed by atoms with Gasteiger partial charge in [-0.25, -0.2) is 0 Å². The van der Waals surface area contributed by atoms with Crippen LogP contribution in [0, 0.1) is 11.8 Å². The van der Waals surface area contributed by atoms with Crippen LogP contribution >= 0.6 is 0 Å². The third-order valence-electron chi connectivity index (χ3n) is 6.02. The number of unbranched alkanes of at least 4 members (excludes halogenated alkanes) is 5. The summed E-state index contributed by atoms with van der Waals surface area (Å²) in [6.45, 7) is 9.11. The third-order valence-corrected chi connectivity index (χ3v) is 6.02. The zero-order valence-electron chi connectivity index (χ0n) is 16.6. The van der Waals surface area contributed by atoms with Crippen LogP contribution in [0.4, 0.5) is 0 Å². The summed E-state index contributed by atoms with van der Waals surface area (Å²) in [5, 5.41) is 0. The molecular weight excluding hydrogens is 300 g/mol. The van der Waals surface area contributed by atoms with Crippen molar-refractivity contribution in [2.75, 3.05) is 0 Å². The largest absolute Gasteiger partial charge is 0.0758 e. The number of hydrogen-bond acceptors (Lipinski definition) is 0. The highest BCUT2D eigenvalue weighted by Gasteiger charge is 2.33. The van der Waals surface area contributed by atoms with E-state index in [1.54, 1.807) is 22.3 Å². The first kappa shape index (κ1) is 18.2. The van der Waals surface area contributed by atoms with Gasteiger partial charge in [-0.15, -0.1) is 0 Å². The van der Waals surface area contributed by atoms with Gasteiger partial charge >= 0.3 is 0 Å². The van der Waals surface area contributed by atoms with Gasteiger partial charge in [-0.05, 0) is 55.9 Å². The van der Waals surface area contributed by atoms with Crippen molar-refractivity contribution >= 4 is 0 Å². The summed E-state index contributed by atoms with van der Waals surface area (Å²) in [6.07, 6.45) is 23.9. The molecule has 2 unspecified atom stereocenters. The summed E-state index contributed by atoms with van der Waals surface area (Å²) < 4.78 is 0. The minimum atomic E-state index is 0.535. The molecule has 0 radical (unpaired) electrons. The topological polar surface area (TPSA) is 0 Å². The van der Waals surface area contributed by atoms with E-state index in [4.69, 9.17) is 0 Å². The Bertz CT molecular complexity index is 688. The smallest absolute Gasteiger partial charge is 0.0128 e. The van der Waals surface area contributed by atoms with Gasteiger partial charge in [-0.3, -0.25) is 0 Å². The molecule has 0 aliphatic heterocycles. The van der Waals surface area contributed by atoms with Crippen molar-refractivity contribution in [2.45, 2.75) is 72.6 Å². The summed E-state index contributed by atoms with van der Waals surface area (Å²) in [5.41, 5.74) is 9.13. The van der Waals surface area contributed by atoms with E-state index in [2.05, 4.69) is 64.2 Å². The van der Waals surface area contributed by atoms with E-state index in [0.717, 1.165) is 0 Å². The van der Waals surface area contributed by atoms with Crippen LogP contribution in [0.15, 0.2) is 69.9 Å². The summed E-state index contributed by atoms with van der Waals surface area (Å²) >= 11 is 0. The molecule has 0 bridgehead atoms. The van der Waals surface area contributed by atoms with Gasteiger partial charge in [0.15, 0.2) is 0 Å². The maximum Gasteiger partial charge on any atom is 0.0128 e. The fourth-order valence-corrected chi connectivity index (χ4v) is 4.58. The molecule has 0 nitrogen and oxygen atoms in total. The van der Waals surface area contributed by atoms with Crippen LogP contribution in [0.25, 0.3) is 0 Å². The zero-order valence-corrected chi connectivity index (χ0v) is 16.6. The van der Waals surface area contributed by atoms with Crippen LogP contribution in [-0.2, 0) is 0 Å². The Labute approximate surface area is 154 Å². The fraction of sp³-hybridized carbons (Fsp3) is 0.520. The number of rotatable bonds is 7. The van der Waals surface area contributed by atoms with Crippen molar-refractivity contribution in [3.05, 3.63) is 69.9 Å². The van der Waals surface area contributed by atoms with Gasteiger partial charge in [-0.2, -0.15) is 0 Å². The quantitative estimate of drug-likeness (QED) is 0.420. The number of fused-ring (bicyclic) bond motifs is 3. The van der Waals surface area contributed by atoms with Crippen molar-refractivity contribution < 1.29 is 0 Å². The van der Waals surface area contributed by atoms with Gasteiger partial charge in [-0.1, -0.05) is 86.6 Å². The first-order valence-corrected chi connectivity index (χ1v) is 10.3. The van der Waals surface area contributed by atoms with Gasteiger partial charge in [0.25, 0.3) is 0 Å². The Balaban J connectivity index is 1.82. The Morgan fingerprint density at radius 1 is 0.720 bits per heavy atom. The lowest BCUT2D eigenvalue weighted by Crippen LogP contribution is -2.24. The zero-order chi connectivity index (χ0) is 17.8. The standard InChI is InChI=1S/C25H34/c1-5-6-7-8-9-10-11-21-20(4)24-16-18(2)12-14-22(24)23-15-13-19(3)17-25(21)23/h12-17,22-23H,5-11H2,1-4H3. The molecule has 0 N–H and O–H groups in total. The Morgan fingerprint density at radius 2 is 1.28 bits per heavy atom. The first-order chi connectivity index (χ1) is 12.1. The molecule has 0 aromatic rings. The Hall–Kier alpha value is -1.56. The van der Waals surface area contributed by atoms with Crippen molar-refractivity contribution in [1.82, 2.24) is 0 Å². The minimum Gasteiger partial charge on any atom is -0.0758 e. The van der Waals surface area contributed by atoms with E-state index < -0.39 is 0 Å². The fourth-order valence-electron chi connectivity index (χ4n) is 4.58. The lowest BCUT2D eigenvalue weighted by molar-refractivity contribution is 0.575. The second-order valence-electron chi connectivity index (χ2n) is 8.08. The molecule has 134 valence electrons. The van der Waals surface area contributed by atoms with Gasteiger partial charge < -0.3 is 0 Å².